The summed E-state index contributed by atoms with van der Waals surface area (Å²) in [6, 6.07) is 8.02. The normalized spacial score (nSPS) is 14.3. The van der Waals surface area contributed by atoms with E-state index in [4.69, 9.17) is 4.74 Å². The second-order valence-corrected chi connectivity index (χ2v) is 6.28. The molecule has 138 valence electrons. The maximum absolute atomic E-state index is 11.8. The van der Waals surface area contributed by atoms with Gasteiger partial charge in [0.25, 0.3) is 0 Å². The second kappa shape index (κ2) is 8.03. The molecule has 0 radical (unpaired) electrons. The Labute approximate surface area is 154 Å². The maximum atomic E-state index is 11.8. The molecular formula is C19H25N5O2. The van der Waals surface area contributed by atoms with Gasteiger partial charge in [0.2, 0.25) is 5.95 Å². The number of hydrogen-bond donors (Lipinski definition) is 1. The lowest BCUT2D eigenvalue weighted by molar-refractivity contribution is 0.105. The summed E-state index contributed by atoms with van der Waals surface area (Å²) in [7, 11) is 0. The second-order valence-electron chi connectivity index (χ2n) is 6.28. The molecular weight excluding hydrogens is 330 g/mol. The third-order valence-electron chi connectivity index (χ3n) is 4.62. The number of anilines is 3. The Morgan fingerprint density at radius 1 is 1.19 bits per heavy atom. The first-order valence-electron chi connectivity index (χ1n) is 8.91. The number of aryl methyl sites for hydroxylation is 1. The summed E-state index contributed by atoms with van der Waals surface area (Å²) in [4.78, 5) is 24.7. The van der Waals surface area contributed by atoms with Crippen LogP contribution in [0.4, 0.5) is 22.2 Å². The lowest BCUT2D eigenvalue weighted by Crippen LogP contribution is -2.49. The SMILES string of the molecule is CCOC(=O)N1CCN(c2ccnc(Nc3cccc(C)c3C)n2)CC1. The van der Waals surface area contributed by atoms with Crippen molar-refractivity contribution >= 4 is 23.5 Å². The fourth-order valence-corrected chi connectivity index (χ4v) is 2.93. The van der Waals surface area contributed by atoms with Gasteiger partial charge < -0.3 is 19.9 Å². The first-order chi connectivity index (χ1) is 12.6. The molecule has 1 aromatic carbocycles. The number of benzene rings is 1. The van der Waals surface area contributed by atoms with Crippen LogP contribution in [0.15, 0.2) is 30.5 Å². The largest absolute Gasteiger partial charge is 0.450 e. The molecule has 0 aliphatic carbocycles. The zero-order valence-corrected chi connectivity index (χ0v) is 15.5. The molecule has 0 unspecified atom stereocenters. The van der Waals surface area contributed by atoms with Crippen LogP contribution in [0.2, 0.25) is 0 Å². The van der Waals surface area contributed by atoms with Crippen molar-refractivity contribution < 1.29 is 9.53 Å². The van der Waals surface area contributed by atoms with Crippen LogP contribution < -0.4 is 10.2 Å². The molecule has 1 saturated heterocycles. The van der Waals surface area contributed by atoms with Crippen molar-refractivity contribution in [3.05, 3.63) is 41.6 Å². The highest BCUT2D eigenvalue weighted by molar-refractivity contribution is 5.68. The van der Waals surface area contributed by atoms with Gasteiger partial charge in [0.05, 0.1) is 6.61 Å². The van der Waals surface area contributed by atoms with E-state index in [0.29, 0.717) is 25.6 Å². The number of piperazine rings is 1. The van der Waals surface area contributed by atoms with Crippen LogP contribution >= 0.6 is 0 Å². The van der Waals surface area contributed by atoms with Crippen molar-refractivity contribution in [2.45, 2.75) is 20.8 Å². The summed E-state index contributed by atoms with van der Waals surface area (Å²) in [5, 5.41) is 3.30. The van der Waals surface area contributed by atoms with Gasteiger partial charge in [-0.3, -0.25) is 0 Å². The van der Waals surface area contributed by atoms with E-state index in [1.54, 1.807) is 11.1 Å². The molecule has 0 spiro atoms. The van der Waals surface area contributed by atoms with Gasteiger partial charge in [0, 0.05) is 38.1 Å². The van der Waals surface area contributed by atoms with E-state index in [0.717, 1.165) is 24.6 Å². The zero-order valence-electron chi connectivity index (χ0n) is 15.5. The molecule has 1 aliphatic rings. The zero-order chi connectivity index (χ0) is 18.5. The van der Waals surface area contributed by atoms with Gasteiger partial charge in [-0.15, -0.1) is 0 Å². The minimum Gasteiger partial charge on any atom is -0.450 e. The summed E-state index contributed by atoms with van der Waals surface area (Å²) in [5.74, 6) is 1.43. The molecule has 0 saturated carbocycles. The molecule has 7 heteroatoms. The van der Waals surface area contributed by atoms with Gasteiger partial charge in [-0.05, 0) is 44.0 Å². The van der Waals surface area contributed by atoms with E-state index >= 15 is 0 Å². The first kappa shape index (κ1) is 18.0. The summed E-state index contributed by atoms with van der Waals surface area (Å²) in [6.45, 7) is 9.08. The predicted molar refractivity (Wildman–Crippen MR) is 102 cm³/mol. The highest BCUT2D eigenvalue weighted by Gasteiger charge is 2.22. The molecule has 1 N–H and O–H groups in total. The molecule has 1 aliphatic heterocycles. The third kappa shape index (κ3) is 4.04. The van der Waals surface area contributed by atoms with Crippen molar-refractivity contribution in [2.24, 2.45) is 0 Å². The number of carbonyl (C=O) groups excluding carboxylic acids is 1. The van der Waals surface area contributed by atoms with Gasteiger partial charge in [-0.2, -0.15) is 4.98 Å². The molecule has 0 atom stereocenters. The number of aromatic nitrogens is 2. The number of nitrogens with zero attached hydrogens (tertiary/aromatic N) is 4. The molecule has 26 heavy (non-hydrogen) atoms. The highest BCUT2D eigenvalue weighted by Crippen LogP contribution is 2.22. The smallest absolute Gasteiger partial charge is 0.409 e. The van der Waals surface area contributed by atoms with E-state index in [-0.39, 0.29) is 6.09 Å². The van der Waals surface area contributed by atoms with Crippen molar-refractivity contribution in [1.82, 2.24) is 14.9 Å². The number of hydrogen-bond acceptors (Lipinski definition) is 6. The topological polar surface area (TPSA) is 70.6 Å². The molecule has 1 aromatic heterocycles. The Kier molecular flexibility index (Phi) is 5.55. The van der Waals surface area contributed by atoms with E-state index < -0.39 is 0 Å². The molecule has 2 heterocycles. The quantitative estimate of drug-likeness (QED) is 0.909. The lowest BCUT2D eigenvalue weighted by atomic mass is 10.1. The van der Waals surface area contributed by atoms with Crippen LogP contribution in [0.5, 0.6) is 0 Å². The van der Waals surface area contributed by atoms with E-state index in [1.807, 2.05) is 25.1 Å². The summed E-state index contributed by atoms with van der Waals surface area (Å²) < 4.78 is 5.06. The highest BCUT2D eigenvalue weighted by atomic mass is 16.6. The summed E-state index contributed by atoms with van der Waals surface area (Å²) in [6.07, 6.45) is 1.51. The van der Waals surface area contributed by atoms with E-state index in [1.165, 1.54) is 11.1 Å². The Bertz CT molecular complexity index is 772. The number of carbonyl (C=O) groups is 1. The van der Waals surface area contributed by atoms with Crippen molar-refractivity contribution in [3.63, 3.8) is 0 Å². The number of ether oxygens (including phenoxy) is 1. The minimum atomic E-state index is -0.243. The fraction of sp³-hybridized carbons (Fsp3) is 0.421. The first-order valence-corrected chi connectivity index (χ1v) is 8.91. The molecule has 3 rings (SSSR count). The minimum absolute atomic E-state index is 0.243. The Morgan fingerprint density at radius 2 is 1.96 bits per heavy atom. The van der Waals surface area contributed by atoms with Gasteiger partial charge >= 0.3 is 6.09 Å². The van der Waals surface area contributed by atoms with Crippen LogP contribution in [0.25, 0.3) is 0 Å². The number of rotatable bonds is 4. The Hall–Kier alpha value is -2.83. The van der Waals surface area contributed by atoms with Crippen molar-refractivity contribution in [3.8, 4) is 0 Å². The number of nitrogens with one attached hydrogen (secondary N) is 1. The fourth-order valence-electron chi connectivity index (χ4n) is 2.93. The van der Waals surface area contributed by atoms with Crippen LogP contribution in [0, 0.1) is 13.8 Å². The van der Waals surface area contributed by atoms with Crippen LogP contribution in [-0.4, -0.2) is 53.7 Å². The lowest BCUT2D eigenvalue weighted by Gasteiger charge is -2.34. The predicted octanol–water partition coefficient (Wildman–Crippen LogP) is 3.12. The van der Waals surface area contributed by atoms with Gasteiger partial charge in [0.15, 0.2) is 0 Å². The monoisotopic (exact) mass is 355 g/mol. The van der Waals surface area contributed by atoms with Crippen LogP contribution in [0.1, 0.15) is 18.1 Å². The maximum Gasteiger partial charge on any atom is 0.409 e. The average Bonchev–Trinajstić information content (AvgIpc) is 2.66. The Morgan fingerprint density at radius 3 is 2.69 bits per heavy atom. The number of amides is 1. The molecule has 7 nitrogen and oxygen atoms in total. The average molecular weight is 355 g/mol. The third-order valence-corrected chi connectivity index (χ3v) is 4.62. The van der Waals surface area contributed by atoms with Crippen molar-refractivity contribution in [2.75, 3.05) is 43.0 Å². The summed E-state index contributed by atoms with van der Waals surface area (Å²) >= 11 is 0. The molecule has 2 aromatic rings. The van der Waals surface area contributed by atoms with Crippen LogP contribution in [0.3, 0.4) is 0 Å². The summed E-state index contributed by atoms with van der Waals surface area (Å²) in [5.41, 5.74) is 3.42. The van der Waals surface area contributed by atoms with Crippen LogP contribution in [-0.2, 0) is 4.74 Å². The molecule has 0 bridgehead atoms. The standard InChI is InChI=1S/C19H25N5O2/c1-4-26-19(25)24-12-10-23(11-13-24)17-8-9-20-18(22-17)21-16-7-5-6-14(2)15(16)3/h5-9H,4,10-13H2,1-3H3,(H,20,21,22). The van der Waals surface area contributed by atoms with Gasteiger partial charge in [0.1, 0.15) is 5.82 Å². The van der Waals surface area contributed by atoms with E-state index in [9.17, 15) is 4.79 Å². The van der Waals surface area contributed by atoms with Gasteiger partial charge in [-0.1, -0.05) is 12.1 Å². The Balaban J connectivity index is 1.67. The van der Waals surface area contributed by atoms with E-state index in [2.05, 4.69) is 40.1 Å². The molecule has 1 fully saturated rings. The van der Waals surface area contributed by atoms with Gasteiger partial charge in [-0.25, -0.2) is 9.78 Å². The van der Waals surface area contributed by atoms with Crippen molar-refractivity contribution in [1.29, 1.82) is 0 Å². The molecule has 1 amide bonds.